The van der Waals surface area contributed by atoms with Gasteiger partial charge in [0.2, 0.25) is 0 Å². The molecule has 2 nitrogen and oxygen atoms in total. The number of rotatable bonds is 10. The zero-order valence-electron chi connectivity index (χ0n) is 12.4. The highest BCUT2D eigenvalue weighted by atomic mass is 35.5. The summed E-state index contributed by atoms with van der Waals surface area (Å²) >= 11 is 7.58. The van der Waals surface area contributed by atoms with E-state index in [4.69, 9.17) is 11.6 Å². The number of hydrogen-bond donors (Lipinski definition) is 1. The van der Waals surface area contributed by atoms with Gasteiger partial charge in [0.25, 0.3) is 0 Å². The summed E-state index contributed by atoms with van der Waals surface area (Å²) in [6.07, 6.45) is 3.79. The van der Waals surface area contributed by atoms with E-state index >= 15 is 0 Å². The van der Waals surface area contributed by atoms with E-state index in [9.17, 15) is 0 Å². The van der Waals surface area contributed by atoms with Gasteiger partial charge in [-0.2, -0.15) is 0 Å². The van der Waals surface area contributed by atoms with Crippen molar-refractivity contribution in [1.82, 2.24) is 10.2 Å². The molecular weight excluding hydrogens is 276 g/mol. The number of unbranched alkanes of at least 4 members (excludes halogenated alkanes) is 1. The Balaban J connectivity index is 2.23. The van der Waals surface area contributed by atoms with E-state index in [1.54, 1.807) is 11.3 Å². The fourth-order valence-electron chi connectivity index (χ4n) is 2.05. The molecule has 1 aromatic rings. The fourth-order valence-corrected chi connectivity index (χ4v) is 3.11. The lowest BCUT2D eigenvalue weighted by molar-refractivity contribution is 0.201. The predicted molar refractivity (Wildman–Crippen MR) is 87.3 cm³/mol. The maximum Gasteiger partial charge on any atom is 0.0931 e. The molecule has 1 N–H and O–H groups in total. The minimum Gasteiger partial charge on any atom is -0.311 e. The van der Waals surface area contributed by atoms with E-state index in [1.807, 2.05) is 6.07 Å². The SMILES string of the molecule is CCCCN(CCNCc1ccc(Cl)s1)C(C)CC. The Labute approximate surface area is 127 Å². The molecule has 0 aliphatic heterocycles. The zero-order chi connectivity index (χ0) is 14.1. The molecule has 0 spiro atoms. The second-order valence-corrected chi connectivity index (χ2v) is 6.83. The van der Waals surface area contributed by atoms with Gasteiger partial charge < -0.3 is 5.32 Å². The van der Waals surface area contributed by atoms with Crippen molar-refractivity contribution in [2.24, 2.45) is 0 Å². The molecule has 0 saturated carbocycles. The van der Waals surface area contributed by atoms with Gasteiger partial charge in [-0.15, -0.1) is 11.3 Å². The number of nitrogens with one attached hydrogen (secondary N) is 1. The van der Waals surface area contributed by atoms with Gasteiger partial charge in [-0.3, -0.25) is 4.90 Å². The molecule has 1 atom stereocenters. The summed E-state index contributed by atoms with van der Waals surface area (Å²) in [5.74, 6) is 0. The van der Waals surface area contributed by atoms with E-state index in [0.29, 0.717) is 6.04 Å². The monoisotopic (exact) mass is 302 g/mol. The molecule has 0 radical (unpaired) electrons. The molecule has 0 bridgehead atoms. The first kappa shape index (κ1) is 17.0. The highest BCUT2D eigenvalue weighted by Crippen LogP contribution is 2.20. The summed E-state index contributed by atoms with van der Waals surface area (Å²) in [6.45, 7) is 11.2. The molecule has 19 heavy (non-hydrogen) atoms. The Bertz CT molecular complexity index is 341. The standard InChI is InChI=1S/C15H27ClN2S/c1-4-6-10-18(13(3)5-2)11-9-17-12-14-7-8-15(16)19-14/h7-8,13,17H,4-6,9-12H2,1-3H3. The molecule has 0 saturated heterocycles. The Kier molecular flexibility index (Phi) is 8.71. The summed E-state index contributed by atoms with van der Waals surface area (Å²) < 4.78 is 0.876. The number of hydrogen-bond acceptors (Lipinski definition) is 3. The Morgan fingerprint density at radius 1 is 1.32 bits per heavy atom. The largest absolute Gasteiger partial charge is 0.311 e. The first-order valence-corrected chi connectivity index (χ1v) is 8.55. The van der Waals surface area contributed by atoms with Crippen LogP contribution >= 0.6 is 22.9 Å². The van der Waals surface area contributed by atoms with Gasteiger partial charge in [-0.05, 0) is 38.4 Å². The van der Waals surface area contributed by atoms with Crippen LogP contribution in [0.2, 0.25) is 4.34 Å². The van der Waals surface area contributed by atoms with Crippen LogP contribution in [0.25, 0.3) is 0 Å². The molecule has 1 aromatic heterocycles. The molecule has 0 amide bonds. The average Bonchev–Trinajstić information content (AvgIpc) is 2.83. The highest BCUT2D eigenvalue weighted by molar-refractivity contribution is 7.16. The minimum absolute atomic E-state index is 0.685. The van der Waals surface area contributed by atoms with E-state index in [1.165, 1.54) is 30.7 Å². The van der Waals surface area contributed by atoms with Crippen molar-refractivity contribution in [3.63, 3.8) is 0 Å². The average molecular weight is 303 g/mol. The van der Waals surface area contributed by atoms with E-state index in [2.05, 4.69) is 37.1 Å². The number of thiophene rings is 1. The normalized spacial score (nSPS) is 13.1. The number of nitrogens with zero attached hydrogens (tertiary/aromatic N) is 1. The zero-order valence-corrected chi connectivity index (χ0v) is 14.0. The molecule has 0 fully saturated rings. The first-order chi connectivity index (χ1) is 9.17. The van der Waals surface area contributed by atoms with Crippen LogP contribution in [0.5, 0.6) is 0 Å². The molecule has 110 valence electrons. The molecule has 0 aliphatic carbocycles. The van der Waals surface area contributed by atoms with Crippen LogP contribution in [0.15, 0.2) is 12.1 Å². The topological polar surface area (TPSA) is 15.3 Å². The van der Waals surface area contributed by atoms with Crippen molar-refractivity contribution in [3.8, 4) is 0 Å². The molecule has 0 aliphatic rings. The maximum atomic E-state index is 5.92. The van der Waals surface area contributed by atoms with Crippen molar-refractivity contribution in [2.45, 2.75) is 52.6 Å². The lowest BCUT2D eigenvalue weighted by atomic mass is 10.2. The molecule has 1 rings (SSSR count). The van der Waals surface area contributed by atoms with Crippen LogP contribution < -0.4 is 5.32 Å². The van der Waals surface area contributed by atoms with Gasteiger partial charge in [0, 0.05) is 30.6 Å². The fraction of sp³-hybridized carbons (Fsp3) is 0.733. The Hall–Kier alpha value is -0.0900. The van der Waals surface area contributed by atoms with Gasteiger partial charge in [-0.25, -0.2) is 0 Å². The van der Waals surface area contributed by atoms with Gasteiger partial charge >= 0.3 is 0 Å². The molecule has 0 aromatic carbocycles. The summed E-state index contributed by atoms with van der Waals surface area (Å²) in [5.41, 5.74) is 0. The second kappa shape index (κ2) is 9.76. The van der Waals surface area contributed by atoms with E-state index in [-0.39, 0.29) is 0 Å². The Morgan fingerprint density at radius 2 is 2.11 bits per heavy atom. The maximum absolute atomic E-state index is 5.92. The van der Waals surface area contributed by atoms with Gasteiger partial charge in [0.05, 0.1) is 4.34 Å². The van der Waals surface area contributed by atoms with Crippen molar-refractivity contribution < 1.29 is 0 Å². The third kappa shape index (κ3) is 6.75. The highest BCUT2D eigenvalue weighted by Gasteiger charge is 2.10. The summed E-state index contributed by atoms with van der Waals surface area (Å²) in [4.78, 5) is 3.91. The Morgan fingerprint density at radius 3 is 2.68 bits per heavy atom. The van der Waals surface area contributed by atoms with E-state index < -0.39 is 0 Å². The first-order valence-electron chi connectivity index (χ1n) is 7.36. The van der Waals surface area contributed by atoms with Crippen molar-refractivity contribution in [2.75, 3.05) is 19.6 Å². The third-order valence-corrected chi connectivity index (χ3v) is 4.75. The smallest absolute Gasteiger partial charge is 0.0931 e. The summed E-state index contributed by atoms with van der Waals surface area (Å²) in [6, 6.07) is 4.75. The quantitative estimate of drug-likeness (QED) is 0.645. The van der Waals surface area contributed by atoms with Gasteiger partial charge in [0.1, 0.15) is 0 Å². The van der Waals surface area contributed by atoms with Crippen LogP contribution in [-0.4, -0.2) is 30.6 Å². The van der Waals surface area contributed by atoms with Crippen molar-refractivity contribution in [3.05, 3.63) is 21.3 Å². The van der Waals surface area contributed by atoms with Crippen molar-refractivity contribution in [1.29, 1.82) is 0 Å². The molecule has 4 heteroatoms. The second-order valence-electron chi connectivity index (χ2n) is 5.03. The third-order valence-electron chi connectivity index (χ3n) is 3.52. The van der Waals surface area contributed by atoms with Gasteiger partial charge in [0.15, 0.2) is 0 Å². The van der Waals surface area contributed by atoms with E-state index in [0.717, 1.165) is 24.0 Å². The summed E-state index contributed by atoms with van der Waals surface area (Å²) in [7, 11) is 0. The predicted octanol–water partition coefficient (Wildman–Crippen LogP) is 4.39. The lowest BCUT2D eigenvalue weighted by Gasteiger charge is -2.28. The van der Waals surface area contributed by atoms with Crippen LogP contribution in [0, 0.1) is 0 Å². The molecule has 1 heterocycles. The minimum atomic E-state index is 0.685. The summed E-state index contributed by atoms with van der Waals surface area (Å²) in [5, 5.41) is 3.51. The van der Waals surface area contributed by atoms with Gasteiger partial charge in [-0.1, -0.05) is 31.9 Å². The molecule has 1 unspecified atom stereocenters. The van der Waals surface area contributed by atoms with Crippen LogP contribution in [0.1, 0.15) is 44.9 Å². The van der Waals surface area contributed by atoms with Crippen molar-refractivity contribution >= 4 is 22.9 Å². The van der Waals surface area contributed by atoms with Crippen LogP contribution in [0.4, 0.5) is 0 Å². The van der Waals surface area contributed by atoms with Crippen LogP contribution in [-0.2, 0) is 6.54 Å². The molecular formula is C15H27ClN2S. The van der Waals surface area contributed by atoms with Crippen LogP contribution in [0.3, 0.4) is 0 Å². The number of halogens is 1. The lowest BCUT2D eigenvalue weighted by Crippen LogP contribution is -2.38.